The first-order valence-corrected chi connectivity index (χ1v) is 12.6. The van der Waals surface area contributed by atoms with Crippen molar-refractivity contribution in [2.75, 3.05) is 45.3 Å². The number of likely N-dealkylation sites (N-methyl/N-ethyl adjacent to an activating group) is 1. The summed E-state index contributed by atoms with van der Waals surface area (Å²) in [5.74, 6) is -0.787. The molecule has 0 saturated heterocycles. The van der Waals surface area contributed by atoms with Gasteiger partial charge in [0.2, 0.25) is 0 Å². The Morgan fingerprint density at radius 1 is 0.750 bits per heavy atom. The first kappa shape index (κ1) is 26.1. The number of nitrogens with zero attached hydrogens (tertiary/aromatic N) is 1. The molecule has 0 bridgehead atoms. The van der Waals surface area contributed by atoms with Crippen LogP contribution in [0.5, 0.6) is 0 Å². The van der Waals surface area contributed by atoms with Crippen molar-refractivity contribution < 1.29 is 9.90 Å². The minimum atomic E-state index is -0.787. The van der Waals surface area contributed by atoms with Gasteiger partial charge in [-0.15, -0.1) is 0 Å². The van der Waals surface area contributed by atoms with E-state index in [0.29, 0.717) is 0 Å². The van der Waals surface area contributed by atoms with Gasteiger partial charge in [0, 0.05) is 7.26 Å². The van der Waals surface area contributed by atoms with Gasteiger partial charge in [0.15, 0.2) is 0 Å². The van der Waals surface area contributed by atoms with Gasteiger partial charge in [-0.3, -0.25) is 9.69 Å². The highest BCUT2D eigenvalue weighted by Crippen LogP contribution is 2.61. The molecule has 0 aromatic carbocycles. The average Bonchev–Trinajstić information content (AvgIpc) is 2.53. The van der Waals surface area contributed by atoms with Crippen LogP contribution in [-0.2, 0) is 4.79 Å². The van der Waals surface area contributed by atoms with Crippen LogP contribution in [0, 0.1) is 0 Å². The van der Waals surface area contributed by atoms with Gasteiger partial charge in [0.25, 0.3) is 0 Å². The fraction of sp³-hybridized carbons (Fsp3) is 0.950. The van der Waals surface area contributed by atoms with Gasteiger partial charge in [0.05, 0.1) is 31.2 Å². The predicted octanol–water partition coefficient (Wildman–Crippen LogP) is 5.84. The molecule has 0 aliphatic rings. The predicted molar refractivity (Wildman–Crippen MR) is 112 cm³/mol. The summed E-state index contributed by atoms with van der Waals surface area (Å²) in [6, 6.07) is 0. The van der Waals surface area contributed by atoms with Crippen molar-refractivity contribution in [2.45, 2.75) is 79.1 Å². The molecule has 0 aliphatic heterocycles. The van der Waals surface area contributed by atoms with Crippen LogP contribution < -0.4 is 0 Å². The maximum absolute atomic E-state index is 9.77. The van der Waals surface area contributed by atoms with Gasteiger partial charge >= 0.3 is 5.97 Å². The molecule has 0 unspecified atom stereocenters. The van der Waals surface area contributed by atoms with Crippen molar-refractivity contribution in [3.63, 3.8) is 0 Å². The number of rotatable bonds is 14. The topological polar surface area (TPSA) is 40.5 Å². The van der Waals surface area contributed by atoms with E-state index in [1.807, 2.05) is 0 Å². The van der Waals surface area contributed by atoms with Crippen molar-refractivity contribution in [1.82, 2.24) is 4.90 Å². The zero-order chi connectivity index (χ0) is 18.8. The molecule has 146 valence electrons. The van der Waals surface area contributed by atoms with Crippen LogP contribution in [0.1, 0.15) is 79.1 Å². The lowest BCUT2D eigenvalue weighted by Crippen LogP contribution is -2.20. The first-order valence-electron chi connectivity index (χ1n) is 10.1. The van der Waals surface area contributed by atoms with E-state index in [4.69, 9.17) is 5.11 Å². The molecule has 0 amide bonds. The van der Waals surface area contributed by atoms with Gasteiger partial charge in [-0.05, 0) is 39.8 Å². The molecular weight excluding hydrogens is 317 g/mol. The molecule has 24 heavy (non-hydrogen) atoms. The lowest BCUT2D eigenvalue weighted by Gasteiger charge is -2.28. The molecule has 0 heterocycles. The fourth-order valence-electron chi connectivity index (χ4n) is 2.92. The quantitative estimate of drug-likeness (QED) is 0.395. The largest absolute Gasteiger partial charge is 0.480 e. The summed E-state index contributed by atoms with van der Waals surface area (Å²) in [6.07, 6.45) is 17.9. The Morgan fingerprint density at radius 3 is 1.17 bits per heavy atom. The summed E-state index contributed by atoms with van der Waals surface area (Å²) in [7, 11) is 2.87. The zero-order valence-electron chi connectivity index (χ0n) is 17.4. The maximum Gasteiger partial charge on any atom is 0.317 e. The van der Waals surface area contributed by atoms with Gasteiger partial charge in [-0.2, -0.15) is 0 Å². The Balaban J connectivity index is 0. The molecule has 0 saturated carbocycles. The molecule has 0 aromatic heterocycles. The van der Waals surface area contributed by atoms with E-state index in [-0.39, 0.29) is 6.54 Å². The van der Waals surface area contributed by atoms with Crippen LogP contribution in [-0.4, -0.2) is 61.3 Å². The second-order valence-electron chi connectivity index (χ2n) is 7.28. The van der Waals surface area contributed by atoms with Crippen LogP contribution in [0.2, 0.25) is 0 Å². The number of carboxylic acid groups (broad SMARTS) is 1. The number of hydrogen-bond acceptors (Lipinski definition) is 2. The maximum atomic E-state index is 9.77. The number of aliphatic carboxylic acids is 1. The Morgan fingerprint density at radius 2 is 1.04 bits per heavy atom. The number of hydrogen-bond donors (Lipinski definition) is 1. The molecule has 0 radical (unpaired) electrons. The smallest absolute Gasteiger partial charge is 0.317 e. The van der Waals surface area contributed by atoms with Gasteiger partial charge < -0.3 is 5.11 Å². The van der Waals surface area contributed by atoms with Crippen molar-refractivity contribution in [3.05, 3.63) is 0 Å². The third-order valence-corrected chi connectivity index (χ3v) is 9.46. The van der Waals surface area contributed by atoms with Crippen molar-refractivity contribution >= 4 is 13.2 Å². The SMILES string of the molecule is CCCC[P+](CCCC)(CCCC)CCCC.CN(C)CC(=O)O. The average molecular weight is 363 g/mol. The van der Waals surface area contributed by atoms with E-state index >= 15 is 0 Å². The van der Waals surface area contributed by atoms with E-state index in [1.54, 1.807) is 43.6 Å². The molecule has 3 nitrogen and oxygen atoms in total. The highest BCUT2D eigenvalue weighted by molar-refractivity contribution is 7.75. The summed E-state index contributed by atoms with van der Waals surface area (Å²) in [6.45, 7) is 9.53. The van der Waals surface area contributed by atoms with Crippen LogP contribution >= 0.6 is 7.26 Å². The molecule has 0 atom stereocenters. The van der Waals surface area contributed by atoms with Crippen LogP contribution in [0.15, 0.2) is 0 Å². The van der Waals surface area contributed by atoms with E-state index in [2.05, 4.69) is 27.7 Å². The summed E-state index contributed by atoms with van der Waals surface area (Å²) in [5, 5.41) is 8.04. The van der Waals surface area contributed by atoms with Crippen LogP contribution in [0.4, 0.5) is 0 Å². The molecule has 0 aliphatic carbocycles. The molecule has 0 aromatic rings. The molecule has 1 N–H and O–H groups in total. The minimum absolute atomic E-state index is 0.111. The molecule has 0 fully saturated rings. The monoisotopic (exact) mass is 362 g/mol. The van der Waals surface area contributed by atoms with Gasteiger partial charge in [-0.1, -0.05) is 53.4 Å². The second kappa shape index (κ2) is 17.7. The highest BCUT2D eigenvalue weighted by Gasteiger charge is 2.34. The summed E-state index contributed by atoms with van der Waals surface area (Å²) in [5.41, 5.74) is 0. The van der Waals surface area contributed by atoms with E-state index in [9.17, 15) is 4.79 Å². The molecular formula is C20H45NO2P+. The summed E-state index contributed by atoms with van der Waals surface area (Å²) in [4.78, 5) is 11.4. The van der Waals surface area contributed by atoms with E-state index < -0.39 is 13.2 Å². The van der Waals surface area contributed by atoms with Crippen LogP contribution in [0.3, 0.4) is 0 Å². The lowest BCUT2D eigenvalue weighted by atomic mass is 10.4. The summed E-state index contributed by atoms with van der Waals surface area (Å²) >= 11 is 0. The Labute approximate surface area is 152 Å². The number of carboxylic acids is 1. The Kier molecular flexibility index (Phi) is 19.2. The Bertz CT molecular complexity index is 245. The van der Waals surface area contributed by atoms with E-state index in [0.717, 1.165) is 0 Å². The Hall–Kier alpha value is -0.140. The number of carbonyl (C=O) groups is 1. The van der Waals surface area contributed by atoms with Crippen LogP contribution in [0.25, 0.3) is 0 Å². The molecule has 0 rings (SSSR count). The third-order valence-electron chi connectivity index (χ3n) is 4.40. The molecule has 4 heteroatoms. The van der Waals surface area contributed by atoms with Crippen molar-refractivity contribution in [3.8, 4) is 0 Å². The standard InChI is InChI=1S/C16H36P.C4H9NO2/c1-5-9-13-17(14-10-6-2,15-11-7-3)16-12-8-4;1-5(2)3-4(6)7/h5-16H2,1-4H3;3H2,1-2H3,(H,6,7)/q+1;. The van der Waals surface area contributed by atoms with Gasteiger partial charge in [-0.25, -0.2) is 0 Å². The first-order chi connectivity index (χ1) is 11.4. The minimum Gasteiger partial charge on any atom is -0.480 e. The van der Waals surface area contributed by atoms with Crippen molar-refractivity contribution in [1.29, 1.82) is 0 Å². The number of unbranched alkanes of at least 4 members (excludes halogenated alkanes) is 4. The van der Waals surface area contributed by atoms with E-state index in [1.165, 1.54) is 51.4 Å². The summed E-state index contributed by atoms with van der Waals surface area (Å²) < 4.78 is 0. The van der Waals surface area contributed by atoms with Gasteiger partial charge in [0.1, 0.15) is 0 Å². The lowest BCUT2D eigenvalue weighted by molar-refractivity contribution is -0.137. The van der Waals surface area contributed by atoms with Crippen molar-refractivity contribution in [2.24, 2.45) is 0 Å². The second-order valence-corrected chi connectivity index (χ2v) is 11.8. The normalized spacial score (nSPS) is 11.3. The molecule has 0 spiro atoms. The highest BCUT2D eigenvalue weighted by atomic mass is 31.2. The third kappa shape index (κ3) is 16.7. The fourth-order valence-corrected chi connectivity index (χ4v) is 8.21. The zero-order valence-corrected chi connectivity index (χ0v) is 18.3.